The summed E-state index contributed by atoms with van der Waals surface area (Å²) in [4.78, 5) is 24.1. The third-order valence-corrected chi connectivity index (χ3v) is 4.46. The Hall–Kier alpha value is -2.82. The van der Waals surface area contributed by atoms with Gasteiger partial charge < -0.3 is 15.4 Å². The summed E-state index contributed by atoms with van der Waals surface area (Å²) in [5, 5.41) is 5.82. The Bertz CT molecular complexity index is 784. The molecule has 1 aliphatic heterocycles. The van der Waals surface area contributed by atoms with Crippen LogP contribution in [0.15, 0.2) is 48.5 Å². The molecule has 26 heavy (non-hydrogen) atoms. The van der Waals surface area contributed by atoms with Gasteiger partial charge in [-0.25, -0.2) is 0 Å². The standard InChI is InChI=1S/C21H24N2O3/c1-14(2)20(24)23-18-9-7-15(8-10-18)12-22-21(25)17-11-16-5-3-4-6-19(16)26-13-17/h3-10,14,17H,11-13H2,1-2H3,(H,22,25)(H,23,24). The highest BCUT2D eigenvalue weighted by atomic mass is 16.5. The van der Waals surface area contributed by atoms with Gasteiger partial charge in [0.1, 0.15) is 12.4 Å². The molecule has 2 N–H and O–H groups in total. The second-order valence-corrected chi connectivity index (χ2v) is 6.88. The lowest BCUT2D eigenvalue weighted by Gasteiger charge is -2.24. The third kappa shape index (κ3) is 4.42. The molecular formula is C21H24N2O3. The van der Waals surface area contributed by atoms with Crippen LogP contribution in [0.1, 0.15) is 25.0 Å². The first kappa shape index (κ1) is 18.0. The summed E-state index contributed by atoms with van der Waals surface area (Å²) in [5.74, 6) is 0.627. The van der Waals surface area contributed by atoms with Gasteiger partial charge in [-0.3, -0.25) is 9.59 Å². The molecule has 5 nitrogen and oxygen atoms in total. The highest BCUT2D eigenvalue weighted by Gasteiger charge is 2.25. The number of anilines is 1. The molecule has 2 aromatic rings. The lowest BCUT2D eigenvalue weighted by atomic mass is 9.96. The molecule has 0 aliphatic carbocycles. The fourth-order valence-electron chi connectivity index (χ4n) is 2.82. The quantitative estimate of drug-likeness (QED) is 0.869. The van der Waals surface area contributed by atoms with Gasteiger partial charge >= 0.3 is 0 Å². The van der Waals surface area contributed by atoms with Gasteiger partial charge in [0.05, 0.1) is 5.92 Å². The molecule has 1 heterocycles. The Balaban J connectivity index is 1.51. The van der Waals surface area contributed by atoms with E-state index in [2.05, 4.69) is 10.6 Å². The lowest BCUT2D eigenvalue weighted by Crippen LogP contribution is -2.37. The summed E-state index contributed by atoms with van der Waals surface area (Å²) < 4.78 is 5.68. The summed E-state index contributed by atoms with van der Waals surface area (Å²) in [5.41, 5.74) is 2.82. The van der Waals surface area contributed by atoms with E-state index in [0.29, 0.717) is 19.6 Å². The van der Waals surface area contributed by atoms with Gasteiger partial charge in [-0.1, -0.05) is 44.2 Å². The first-order valence-electron chi connectivity index (χ1n) is 8.91. The Morgan fingerprint density at radius 3 is 2.58 bits per heavy atom. The van der Waals surface area contributed by atoms with Crippen LogP contribution in [0.5, 0.6) is 5.75 Å². The van der Waals surface area contributed by atoms with E-state index in [1.165, 1.54) is 0 Å². The summed E-state index contributed by atoms with van der Waals surface area (Å²) in [6.45, 7) is 4.57. The van der Waals surface area contributed by atoms with Crippen molar-refractivity contribution >= 4 is 17.5 Å². The van der Waals surface area contributed by atoms with E-state index in [9.17, 15) is 9.59 Å². The van der Waals surface area contributed by atoms with Crippen molar-refractivity contribution in [1.29, 1.82) is 0 Å². The van der Waals surface area contributed by atoms with Gasteiger partial charge in [-0.05, 0) is 35.7 Å². The van der Waals surface area contributed by atoms with Crippen LogP contribution < -0.4 is 15.4 Å². The van der Waals surface area contributed by atoms with E-state index < -0.39 is 0 Å². The lowest BCUT2D eigenvalue weighted by molar-refractivity contribution is -0.126. The van der Waals surface area contributed by atoms with Crippen molar-refractivity contribution in [3.8, 4) is 5.75 Å². The number of nitrogens with one attached hydrogen (secondary N) is 2. The smallest absolute Gasteiger partial charge is 0.227 e. The van der Waals surface area contributed by atoms with Crippen molar-refractivity contribution < 1.29 is 14.3 Å². The molecule has 0 saturated heterocycles. The number of ether oxygens (including phenoxy) is 1. The number of amides is 2. The first-order chi connectivity index (χ1) is 12.5. The number of hydrogen-bond acceptors (Lipinski definition) is 3. The van der Waals surface area contributed by atoms with Crippen LogP contribution in [-0.4, -0.2) is 18.4 Å². The van der Waals surface area contributed by atoms with Crippen molar-refractivity contribution in [2.45, 2.75) is 26.8 Å². The highest BCUT2D eigenvalue weighted by molar-refractivity contribution is 5.92. The minimum Gasteiger partial charge on any atom is -0.492 e. The molecule has 0 aromatic heterocycles. The molecule has 136 valence electrons. The van der Waals surface area contributed by atoms with Crippen LogP contribution in [0.2, 0.25) is 0 Å². The van der Waals surface area contributed by atoms with E-state index in [0.717, 1.165) is 22.6 Å². The van der Waals surface area contributed by atoms with E-state index in [4.69, 9.17) is 4.74 Å². The zero-order chi connectivity index (χ0) is 18.5. The van der Waals surface area contributed by atoms with Crippen molar-refractivity contribution in [3.63, 3.8) is 0 Å². The van der Waals surface area contributed by atoms with Crippen molar-refractivity contribution in [3.05, 3.63) is 59.7 Å². The number of fused-ring (bicyclic) bond motifs is 1. The number of carbonyl (C=O) groups is 2. The molecule has 0 saturated carbocycles. The first-order valence-corrected chi connectivity index (χ1v) is 8.91. The molecule has 1 aliphatic rings. The maximum Gasteiger partial charge on any atom is 0.227 e. The number of para-hydroxylation sites is 1. The maximum absolute atomic E-state index is 12.4. The zero-order valence-corrected chi connectivity index (χ0v) is 15.1. The predicted octanol–water partition coefficient (Wildman–Crippen LogP) is 3.15. The van der Waals surface area contributed by atoms with Gasteiger partial charge in [0.2, 0.25) is 11.8 Å². The van der Waals surface area contributed by atoms with Gasteiger partial charge in [0.15, 0.2) is 0 Å². The molecule has 2 amide bonds. The molecule has 0 bridgehead atoms. The number of carbonyl (C=O) groups excluding carboxylic acids is 2. The number of hydrogen-bond donors (Lipinski definition) is 2. The highest BCUT2D eigenvalue weighted by Crippen LogP contribution is 2.26. The average molecular weight is 352 g/mol. The normalized spacial score (nSPS) is 15.7. The SMILES string of the molecule is CC(C)C(=O)Nc1ccc(CNC(=O)C2COc3ccccc3C2)cc1. The van der Waals surface area contributed by atoms with E-state index in [1.807, 2.05) is 62.4 Å². The molecule has 0 radical (unpaired) electrons. The second kappa shape index (κ2) is 8.04. The van der Waals surface area contributed by atoms with Crippen LogP contribution in [0.3, 0.4) is 0 Å². The fourth-order valence-corrected chi connectivity index (χ4v) is 2.82. The molecule has 5 heteroatoms. The summed E-state index contributed by atoms with van der Waals surface area (Å²) in [6, 6.07) is 15.3. The summed E-state index contributed by atoms with van der Waals surface area (Å²) in [7, 11) is 0. The third-order valence-electron chi connectivity index (χ3n) is 4.46. The Morgan fingerprint density at radius 1 is 1.12 bits per heavy atom. The fraction of sp³-hybridized carbons (Fsp3) is 0.333. The zero-order valence-electron chi connectivity index (χ0n) is 15.1. The van der Waals surface area contributed by atoms with Gasteiger partial charge in [-0.2, -0.15) is 0 Å². The van der Waals surface area contributed by atoms with Crippen molar-refractivity contribution in [2.24, 2.45) is 11.8 Å². The predicted molar refractivity (Wildman–Crippen MR) is 101 cm³/mol. The van der Waals surface area contributed by atoms with Crippen LogP contribution in [0, 0.1) is 11.8 Å². The monoisotopic (exact) mass is 352 g/mol. The molecule has 2 aromatic carbocycles. The Morgan fingerprint density at radius 2 is 1.85 bits per heavy atom. The topological polar surface area (TPSA) is 67.4 Å². The molecule has 0 spiro atoms. The van der Waals surface area contributed by atoms with Crippen molar-refractivity contribution in [1.82, 2.24) is 5.32 Å². The van der Waals surface area contributed by atoms with Crippen LogP contribution in [0.4, 0.5) is 5.69 Å². The van der Waals surface area contributed by atoms with Crippen LogP contribution in [0.25, 0.3) is 0 Å². The second-order valence-electron chi connectivity index (χ2n) is 6.88. The van der Waals surface area contributed by atoms with Gasteiger partial charge in [0.25, 0.3) is 0 Å². The van der Waals surface area contributed by atoms with Crippen LogP contribution in [-0.2, 0) is 22.6 Å². The summed E-state index contributed by atoms with van der Waals surface area (Å²) in [6.07, 6.45) is 0.697. The molecule has 0 fully saturated rings. The van der Waals surface area contributed by atoms with E-state index in [1.54, 1.807) is 0 Å². The van der Waals surface area contributed by atoms with Gasteiger partial charge in [0, 0.05) is 18.2 Å². The van der Waals surface area contributed by atoms with E-state index in [-0.39, 0.29) is 23.7 Å². The Kier molecular flexibility index (Phi) is 5.56. The number of benzene rings is 2. The number of rotatable bonds is 5. The molecule has 1 atom stereocenters. The van der Waals surface area contributed by atoms with E-state index >= 15 is 0 Å². The average Bonchev–Trinajstić information content (AvgIpc) is 2.66. The molecular weight excluding hydrogens is 328 g/mol. The minimum absolute atomic E-state index is 0.00306. The molecule has 1 unspecified atom stereocenters. The van der Waals surface area contributed by atoms with Gasteiger partial charge in [-0.15, -0.1) is 0 Å². The molecule has 3 rings (SSSR count). The maximum atomic E-state index is 12.4. The summed E-state index contributed by atoms with van der Waals surface area (Å²) >= 11 is 0. The van der Waals surface area contributed by atoms with Crippen LogP contribution >= 0.6 is 0 Å². The Labute approximate surface area is 153 Å². The largest absolute Gasteiger partial charge is 0.492 e. The minimum atomic E-state index is -0.172. The van der Waals surface area contributed by atoms with Crippen molar-refractivity contribution in [2.75, 3.05) is 11.9 Å².